The first-order chi connectivity index (χ1) is 9.52. The Balaban J connectivity index is 2.19. The zero-order valence-electron chi connectivity index (χ0n) is 11.2. The van der Waals surface area contributed by atoms with E-state index in [0.29, 0.717) is 12.0 Å². The van der Waals surface area contributed by atoms with Gasteiger partial charge >= 0.3 is 0 Å². The highest BCUT2D eigenvalue weighted by atomic mass is 79.9. The molecule has 20 heavy (non-hydrogen) atoms. The highest BCUT2D eigenvalue weighted by Crippen LogP contribution is 2.23. The molecule has 2 aromatic rings. The fraction of sp³-hybridized carbons (Fsp3) is 0.250. The molecule has 2 nitrogen and oxygen atoms in total. The van der Waals surface area contributed by atoms with Crippen molar-refractivity contribution in [2.45, 2.75) is 18.9 Å². The van der Waals surface area contributed by atoms with Crippen molar-refractivity contribution in [1.29, 1.82) is 0 Å². The van der Waals surface area contributed by atoms with Gasteiger partial charge in [-0.15, -0.1) is 0 Å². The third-order valence-corrected chi connectivity index (χ3v) is 3.65. The van der Waals surface area contributed by atoms with E-state index in [-0.39, 0.29) is 12.4 Å². The molecule has 0 aliphatic rings. The molecule has 0 saturated carbocycles. The molecular formula is C16H17BrFNO. The minimum absolute atomic E-state index is 0.0894. The van der Waals surface area contributed by atoms with Crippen molar-refractivity contribution < 1.29 is 9.50 Å². The predicted octanol–water partition coefficient (Wildman–Crippen LogP) is 3.99. The van der Waals surface area contributed by atoms with Crippen molar-refractivity contribution >= 4 is 21.6 Å². The lowest BCUT2D eigenvalue weighted by atomic mass is 9.93. The number of halogens is 2. The Morgan fingerprint density at radius 2 is 1.95 bits per heavy atom. The molecule has 2 rings (SSSR count). The summed E-state index contributed by atoms with van der Waals surface area (Å²) in [5.41, 5.74) is 0.849. The van der Waals surface area contributed by atoms with Gasteiger partial charge in [-0.1, -0.05) is 40.2 Å². The van der Waals surface area contributed by atoms with Crippen LogP contribution in [0, 0.1) is 5.82 Å². The number of hydrogen-bond donors (Lipinski definition) is 2. The lowest BCUT2D eigenvalue weighted by Gasteiger charge is -2.30. The molecular weight excluding hydrogens is 321 g/mol. The molecule has 4 heteroatoms. The Hall–Kier alpha value is -1.39. The fourth-order valence-electron chi connectivity index (χ4n) is 2.12. The van der Waals surface area contributed by atoms with E-state index in [1.807, 2.05) is 31.2 Å². The van der Waals surface area contributed by atoms with E-state index in [4.69, 9.17) is 0 Å². The summed E-state index contributed by atoms with van der Waals surface area (Å²) in [7, 11) is 0. The van der Waals surface area contributed by atoms with Gasteiger partial charge in [-0.3, -0.25) is 0 Å². The maximum Gasteiger partial charge on any atom is 0.126 e. The lowest BCUT2D eigenvalue weighted by Crippen LogP contribution is -2.41. The standard InChI is InChI=1S/C16H17BrFNO/c1-16(11-20,10-12-5-2-3-8-15(12)18)19-14-7-4-6-13(17)9-14/h2-9,19-20H,10-11H2,1H3. The first kappa shape index (κ1) is 15.0. The molecule has 0 heterocycles. The van der Waals surface area contributed by atoms with Gasteiger partial charge in [-0.25, -0.2) is 4.39 Å². The molecule has 106 valence electrons. The van der Waals surface area contributed by atoms with Crippen LogP contribution in [0.5, 0.6) is 0 Å². The summed E-state index contributed by atoms with van der Waals surface area (Å²) < 4.78 is 14.7. The summed E-state index contributed by atoms with van der Waals surface area (Å²) in [6.45, 7) is 1.79. The molecule has 0 fully saturated rings. The van der Waals surface area contributed by atoms with Crippen molar-refractivity contribution in [2.24, 2.45) is 0 Å². The van der Waals surface area contributed by atoms with Crippen LogP contribution in [-0.4, -0.2) is 17.3 Å². The van der Waals surface area contributed by atoms with Gasteiger partial charge in [0.15, 0.2) is 0 Å². The summed E-state index contributed by atoms with van der Waals surface area (Å²) in [6, 6.07) is 14.3. The van der Waals surface area contributed by atoms with Crippen LogP contribution < -0.4 is 5.32 Å². The monoisotopic (exact) mass is 337 g/mol. The largest absolute Gasteiger partial charge is 0.394 e. The van der Waals surface area contributed by atoms with Gasteiger partial charge in [0.25, 0.3) is 0 Å². The molecule has 0 radical (unpaired) electrons. The molecule has 0 aliphatic heterocycles. The molecule has 2 N–H and O–H groups in total. The average Bonchev–Trinajstić information content (AvgIpc) is 2.41. The number of hydrogen-bond acceptors (Lipinski definition) is 2. The summed E-state index contributed by atoms with van der Waals surface area (Å²) >= 11 is 3.41. The summed E-state index contributed by atoms with van der Waals surface area (Å²) in [5.74, 6) is -0.247. The predicted molar refractivity (Wildman–Crippen MR) is 83.4 cm³/mol. The minimum atomic E-state index is -0.622. The smallest absolute Gasteiger partial charge is 0.126 e. The molecule has 2 aromatic carbocycles. The second-order valence-electron chi connectivity index (χ2n) is 5.12. The fourth-order valence-corrected chi connectivity index (χ4v) is 2.52. The molecule has 1 unspecified atom stereocenters. The van der Waals surface area contributed by atoms with E-state index in [1.54, 1.807) is 18.2 Å². The Kier molecular flexibility index (Phi) is 4.78. The third kappa shape index (κ3) is 3.81. The Bertz CT molecular complexity index is 590. The summed E-state index contributed by atoms with van der Waals surface area (Å²) in [4.78, 5) is 0. The van der Waals surface area contributed by atoms with Crippen molar-refractivity contribution in [3.63, 3.8) is 0 Å². The van der Waals surface area contributed by atoms with Gasteiger partial charge in [0.05, 0.1) is 12.1 Å². The van der Waals surface area contributed by atoms with Crippen LogP contribution in [0.15, 0.2) is 53.0 Å². The Morgan fingerprint density at radius 1 is 1.20 bits per heavy atom. The number of aliphatic hydroxyl groups excluding tert-OH is 1. The van der Waals surface area contributed by atoms with Gasteiger partial charge in [-0.05, 0) is 36.8 Å². The molecule has 1 atom stereocenters. The van der Waals surface area contributed by atoms with Gasteiger partial charge in [0.2, 0.25) is 0 Å². The molecule has 0 spiro atoms. The molecule has 0 bridgehead atoms. The van der Waals surface area contributed by atoms with Crippen LogP contribution in [0.25, 0.3) is 0 Å². The van der Waals surface area contributed by atoms with E-state index in [9.17, 15) is 9.50 Å². The van der Waals surface area contributed by atoms with Crippen molar-refractivity contribution in [3.8, 4) is 0 Å². The van der Waals surface area contributed by atoms with Crippen LogP contribution >= 0.6 is 15.9 Å². The first-order valence-electron chi connectivity index (χ1n) is 6.40. The maximum absolute atomic E-state index is 13.7. The van der Waals surface area contributed by atoms with E-state index >= 15 is 0 Å². The topological polar surface area (TPSA) is 32.3 Å². The van der Waals surface area contributed by atoms with Crippen LogP contribution in [0.1, 0.15) is 12.5 Å². The van der Waals surface area contributed by atoms with Gasteiger partial charge in [0, 0.05) is 16.6 Å². The maximum atomic E-state index is 13.7. The highest BCUT2D eigenvalue weighted by molar-refractivity contribution is 9.10. The molecule has 0 aliphatic carbocycles. The van der Waals surface area contributed by atoms with Crippen LogP contribution in [0.3, 0.4) is 0 Å². The average molecular weight is 338 g/mol. The summed E-state index contributed by atoms with van der Waals surface area (Å²) in [6.07, 6.45) is 0.405. The van der Waals surface area contributed by atoms with E-state index in [1.165, 1.54) is 6.07 Å². The van der Waals surface area contributed by atoms with Crippen molar-refractivity contribution in [1.82, 2.24) is 0 Å². The molecule has 0 aromatic heterocycles. The van der Waals surface area contributed by atoms with E-state index in [2.05, 4.69) is 21.2 Å². The zero-order valence-corrected chi connectivity index (χ0v) is 12.8. The lowest BCUT2D eigenvalue weighted by molar-refractivity contribution is 0.221. The first-order valence-corrected chi connectivity index (χ1v) is 7.20. The van der Waals surface area contributed by atoms with Gasteiger partial charge < -0.3 is 10.4 Å². The molecule has 0 amide bonds. The van der Waals surface area contributed by atoms with Crippen molar-refractivity contribution in [2.75, 3.05) is 11.9 Å². The van der Waals surface area contributed by atoms with Crippen molar-refractivity contribution in [3.05, 3.63) is 64.4 Å². The minimum Gasteiger partial charge on any atom is -0.394 e. The highest BCUT2D eigenvalue weighted by Gasteiger charge is 2.25. The van der Waals surface area contributed by atoms with E-state index < -0.39 is 5.54 Å². The molecule has 0 saturated heterocycles. The number of rotatable bonds is 5. The summed E-state index contributed by atoms with van der Waals surface area (Å²) in [5, 5.41) is 12.9. The van der Waals surface area contributed by atoms with Gasteiger partial charge in [0.1, 0.15) is 5.82 Å². The Morgan fingerprint density at radius 3 is 2.60 bits per heavy atom. The van der Waals surface area contributed by atoms with E-state index in [0.717, 1.165) is 10.2 Å². The zero-order chi connectivity index (χ0) is 14.6. The number of benzene rings is 2. The quantitative estimate of drug-likeness (QED) is 0.864. The third-order valence-electron chi connectivity index (χ3n) is 3.16. The van der Waals surface area contributed by atoms with Crippen LogP contribution in [0.4, 0.5) is 10.1 Å². The SMILES string of the molecule is CC(CO)(Cc1ccccc1F)Nc1cccc(Br)c1. The van der Waals surface area contributed by atoms with Crippen LogP contribution in [-0.2, 0) is 6.42 Å². The number of aliphatic hydroxyl groups is 1. The second kappa shape index (κ2) is 6.37. The van der Waals surface area contributed by atoms with Gasteiger partial charge in [-0.2, -0.15) is 0 Å². The Labute approximate surface area is 126 Å². The number of nitrogens with one attached hydrogen (secondary N) is 1. The van der Waals surface area contributed by atoms with Crippen LogP contribution in [0.2, 0.25) is 0 Å². The second-order valence-corrected chi connectivity index (χ2v) is 6.04. The normalized spacial score (nSPS) is 13.8. The number of anilines is 1.